The van der Waals surface area contributed by atoms with Crippen LogP contribution in [0.25, 0.3) is 22.4 Å². The monoisotopic (exact) mass is 393 g/mol. The lowest BCUT2D eigenvalue weighted by Crippen LogP contribution is -2.29. The zero-order valence-corrected chi connectivity index (χ0v) is 16.5. The Morgan fingerprint density at radius 2 is 1.68 bits per heavy atom. The second-order valence-corrected chi connectivity index (χ2v) is 7.60. The van der Waals surface area contributed by atoms with E-state index < -0.39 is 0 Å². The Morgan fingerprint density at radius 1 is 0.964 bits per heavy atom. The molecule has 4 rings (SSSR count). The normalized spacial score (nSPS) is 17.0. The third-order valence-corrected chi connectivity index (χ3v) is 5.33. The first-order valence-corrected chi connectivity index (χ1v) is 9.98. The van der Waals surface area contributed by atoms with Crippen LogP contribution in [0.15, 0.2) is 66.9 Å². The van der Waals surface area contributed by atoms with Crippen molar-refractivity contribution >= 4 is 11.6 Å². The van der Waals surface area contributed by atoms with E-state index in [1.54, 1.807) is 0 Å². The van der Waals surface area contributed by atoms with E-state index in [1.807, 2.05) is 60.8 Å². The Morgan fingerprint density at radius 3 is 2.32 bits per heavy atom. The summed E-state index contributed by atoms with van der Waals surface area (Å²) in [7, 11) is 0. The Bertz CT molecular complexity index is 895. The zero-order valence-electron chi connectivity index (χ0n) is 15.7. The van der Waals surface area contributed by atoms with E-state index in [4.69, 9.17) is 22.1 Å². The van der Waals surface area contributed by atoms with Crippen molar-refractivity contribution < 1.29 is 4.74 Å². The lowest BCUT2D eigenvalue weighted by Gasteiger charge is -2.15. The summed E-state index contributed by atoms with van der Waals surface area (Å²) in [6.07, 6.45) is 2.97. The fourth-order valence-electron chi connectivity index (χ4n) is 3.46. The second-order valence-electron chi connectivity index (χ2n) is 7.16. The molecule has 0 saturated carbocycles. The van der Waals surface area contributed by atoms with Crippen LogP contribution < -0.4 is 10.5 Å². The van der Waals surface area contributed by atoms with Gasteiger partial charge in [-0.05, 0) is 61.0 Å². The number of benzene rings is 2. The van der Waals surface area contributed by atoms with Gasteiger partial charge in [0.25, 0.3) is 0 Å². The zero-order chi connectivity index (χ0) is 19.3. The number of rotatable bonds is 6. The molecule has 1 unspecified atom stereocenters. The van der Waals surface area contributed by atoms with Gasteiger partial charge < -0.3 is 10.5 Å². The molecular weight excluding hydrogens is 370 g/mol. The molecular formula is C23H24ClN3O. The molecule has 4 nitrogen and oxygen atoms in total. The Labute approximate surface area is 170 Å². The smallest absolute Gasteiger partial charge is 0.119 e. The molecule has 0 aliphatic carbocycles. The third kappa shape index (κ3) is 4.71. The van der Waals surface area contributed by atoms with Gasteiger partial charge in [0, 0.05) is 41.5 Å². The Hall–Kier alpha value is -2.40. The molecule has 1 saturated heterocycles. The summed E-state index contributed by atoms with van der Waals surface area (Å²) in [4.78, 5) is 6.96. The SMILES string of the molecule is NC1CCN(CCOc2ccc(-c3ccc(-c4ccc(Cl)cc4)cn3)cc2)C1. The van der Waals surface area contributed by atoms with Gasteiger partial charge in [0.05, 0.1) is 5.69 Å². The summed E-state index contributed by atoms with van der Waals surface area (Å²) in [5.41, 5.74) is 10.1. The van der Waals surface area contributed by atoms with E-state index in [-0.39, 0.29) is 0 Å². The highest BCUT2D eigenvalue weighted by molar-refractivity contribution is 6.30. The van der Waals surface area contributed by atoms with E-state index in [9.17, 15) is 0 Å². The van der Waals surface area contributed by atoms with Crippen molar-refractivity contribution in [2.75, 3.05) is 26.2 Å². The van der Waals surface area contributed by atoms with Crippen LogP contribution >= 0.6 is 11.6 Å². The molecule has 5 heteroatoms. The van der Waals surface area contributed by atoms with E-state index in [2.05, 4.69) is 16.0 Å². The van der Waals surface area contributed by atoms with Crippen molar-refractivity contribution in [1.29, 1.82) is 0 Å². The molecule has 2 heterocycles. The first kappa shape index (κ1) is 18.9. The number of likely N-dealkylation sites (tertiary alicyclic amines) is 1. The van der Waals surface area contributed by atoms with Gasteiger partial charge in [-0.25, -0.2) is 0 Å². The van der Waals surface area contributed by atoms with Crippen molar-refractivity contribution in [3.63, 3.8) is 0 Å². The van der Waals surface area contributed by atoms with Gasteiger partial charge in [-0.3, -0.25) is 9.88 Å². The summed E-state index contributed by atoms with van der Waals surface area (Å²) in [5.74, 6) is 0.880. The maximum Gasteiger partial charge on any atom is 0.119 e. The van der Waals surface area contributed by atoms with Gasteiger partial charge in [-0.2, -0.15) is 0 Å². The van der Waals surface area contributed by atoms with Crippen LogP contribution in [0.3, 0.4) is 0 Å². The van der Waals surface area contributed by atoms with Crippen molar-refractivity contribution in [3.05, 3.63) is 71.9 Å². The number of hydrogen-bond acceptors (Lipinski definition) is 4. The molecule has 1 aromatic heterocycles. The summed E-state index contributed by atoms with van der Waals surface area (Å²) in [5, 5.41) is 0.736. The highest BCUT2D eigenvalue weighted by atomic mass is 35.5. The van der Waals surface area contributed by atoms with Crippen LogP contribution in [0.1, 0.15) is 6.42 Å². The summed E-state index contributed by atoms with van der Waals surface area (Å²) in [6, 6.07) is 20.3. The minimum absolute atomic E-state index is 0.317. The highest BCUT2D eigenvalue weighted by Crippen LogP contribution is 2.25. The molecule has 0 amide bonds. The Balaban J connectivity index is 1.35. The fraction of sp³-hybridized carbons (Fsp3) is 0.261. The molecule has 1 fully saturated rings. The third-order valence-electron chi connectivity index (χ3n) is 5.08. The van der Waals surface area contributed by atoms with Crippen LogP contribution in [-0.2, 0) is 0 Å². The lowest BCUT2D eigenvalue weighted by atomic mass is 10.1. The van der Waals surface area contributed by atoms with E-state index in [0.717, 1.165) is 59.2 Å². The average molecular weight is 394 g/mol. The van der Waals surface area contributed by atoms with Crippen LogP contribution in [0.4, 0.5) is 0 Å². The number of hydrogen-bond donors (Lipinski definition) is 1. The van der Waals surface area contributed by atoms with Gasteiger partial charge in [0.15, 0.2) is 0 Å². The van der Waals surface area contributed by atoms with Crippen molar-refractivity contribution in [1.82, 2.24) is 9.88 Å². The van der Waals surface area contributed by atoms with Crippen LogP contribution in [0.2, 0.25) is 5.02 Å². The fourth-order valence-corrected chi connectivity index (χ4v) is 3.58. The first-order chi connectivity index (χ1) is 13.7. The van der Waals surface area contributed by atoms with Crippen molar-refractivity contribution in [2.24, 2.45) is 5.73 Å². The number of halogens is 1. The molecule has 1 aliphatic heterocycles. The predicted octanol–water partition coefficient (Wildman–Crippen LogP) is 4.48. The van der Waals surface area contributed by atoms with E-state index in [1.165, 1.54) is 0 Å². The molecule has 1 atom stereocenters. The maximum atomic E-state index is 5.95. The van der Waals surface area contributed by atoms with Gasteiger partial charge >= 0.3 is 0 Å². The van der Waals surface area contributed by atoms with Crippen LogP contribution in [0.5, 0.6) is 5.75 Å². The summed E-state index contributed by atoms with van der Waals surface area (Å²) in [6.45, 7) is 3.64. The summed E-state index contributed by atoms with van der Waals surface area (Å²) >= 11 is 5.95. The molecule has 2 aromatic carbocycles. The molecule has 2 N–H and O–H groups in total. The topological polar surface area (TPSA) is 51.4 Å². The standard InChI is InChI=1S/C23H24ClN3O/c24-20-6-1-17(2-7-20)19-5-10-23(26-15-19)18-3-8-22(9-4-18)28-14-13-27-12-11-21(25)16-27/h1-10,15,21H,11-14,16,25H2. The number of pyridine rings is 1. The van der Waals surface area contributed by atoms with Crippen molar-refractivity contribution in [3.8, 4) is 28.1 Å². The predicted molar refractivity (Wildman–Crippen MR) is 115 cm³/mol. The second kappa shape index (κ2) is 8.74. The minimum atomic E-state index is 0.317. The molecule has 0 bridgehead atoms. The van der Waals surface area contributed by atoms with E-state index >= 15 is 0 Å². The molecule has 144 valence electrons. The highest BCUT2D eigenvalue weighted by Gasteiger charge is 2.18. The maximum absolute atomic E-state index is 5.95. The largest absolute Gasteiger partial charge is 0.492 e. The molecule has 0 radical (unpaired) electrons. The number of aromatic nitrogens is 1. The van der Waals surface area contributed by atoms with Gasteiger partial charge in [-0.1, -0.05) is 29.8 Å². The molecule has 1 aliphatic rings. The quantitative estimate of drug-likeness (QED) is 0.670. The Kier molecular flexibility index (Phi) is 5.91. The van der Waals surface area contributed by atoms with Crippen molar-refractivity contribution in [2.45, 2.75) is 12.5 Å². The average Bonchev–Trinajstić information content (AvgIpc) is 3.14. The number of nitrogens with two attached hydrogens (primary N) is 1. The lowest BCUT2D eigenvalue weighted by molar-refractivity contribution is 0.236. The molecule has 3 aromatic rings. The van der Waals surface area contributed by atoms with Crippen LogP contribution in [-0.4, -0.2) is 42.2 Å². The molecule has 0 spiro atoms. The van der Waals surface area contributed by atoms with E-state index in [0.29, 0.717) is 12.6 Å². The van der Waals surface area contributed by atoms with Gasteiger partial charge in [-0.15, -0.1) is 0 Å². The molecule has 28 heavy (non-hydrogen) atoms. The number of nitrogens with zero attached hydrogens (tertiary/aromatic N) is 2. The first-order valence-electron chi connectivity index (χ1n) is 9.60. The van der Waals surface area contributed by atoms with Crippen LogP contribution in [0, 0.1) is 0 Å². The summed E-state index contributed by atoms with van der Waals surface area (Å²) < 4.78 is 5.87. The van der Waals surface area contributed by atoms with Gasteiger partial charge in [0.1, 0.15) is 12.4 Å². The van der Waals surface area contributed by atoms with Gasteiger partial charge in [0.2, 0.25) is 0 Å². The minimum Gasteiger partial charge on any atom is -0.492 e. The number of ether oxygens (including phenoxy) is 1.